The predicted molar refractivity (Wildman–Crippen MR) is 86.5 cm³/mol. The number of hydrogen-bond donors (Lipinski definition) is 4. The van der Waals surface area contributed by atoms with Crippen molar-refractivity contribution < 1.29 is 24.2 Å². The molecule has 2 rings (SSSR count). The minimum atomic E-state index is -1.19. The Morgan fingerprint density at radius 2 is 2.00 bits per heavy atom. The maximum atomic E-state index is 11.8. The smallest absolute Gasteiger partial charge is 0.407 e. The van der Waals surface area contributed by atoms with Gasteiger partial charge in [-0.15, -0.1) is 0 Å². The second-order valence-corrected chi connectivity index (χ2v) is 5.15. The van der Waals surface area contributed by atoms with E-state index in [0.29, 0.717) is 5.69 Å². The van der Waals surface area contributed by atoms with Gasteiger partial charge in [0.2, 0.25) is 5.91 Å². The Morgan fingerprint density at radius 3 is 2.64 bits per heavy atom. The molecule has 0 saturated carbocycles. The highest BCUT2D eigenvalue weighted by Gasteiger charge is 2.21. The molecule has 2 amide bonds. The van der Waals surface area contributed by atoms with Gasteiger partial charge in [0.1, 0.15) is 19.2 Å². The van der Waals surface area contributed by atoms with Gasteiger partial charge in [-0.3, -0.25) is 4.79 Å². The average molecular weight is 346 g/mol. The molecule has 4 N–H and O–H groups in total. The third kappa shape index (κ3) is 6.34. The number of aromatic amines is 1. The lowest BCUT2D eigenvalue weighted by Crippen LogP contribution is -2.46. The quantitative estimate of drug-likeness (QED) is 0.548. The second kappa shape index (κ2) is 9.06. The summed E-state index contributed by atoms with van der Waals surface area (Å²) < 4.78 is 4.96. The van der Waals surface area contributed by atoms with Gasteiger partial charge in [0, 0.05) is 18.3 Å². The van der Waals surface area contributed by atoms with Crippen LogP contribution in [-0.4, -0.2) is 45.6 Å². The minimum absolute atomic E-state index is 0.0551. The summed E-state index contributed by atoms with van der Waals surface area (Å²) in [6.07, 6.45) is 2.18. The molecule has 0 fully saturated rings. The third-order valence-corrected chi connectivity index (χ3v) is 3.22. The fraction of sp³-hybridized carbons (Fsp3) is 0.250. The predicted octanol–water partition coefficient (Wildman–Crippen LogP) is 0.448. The SMILES string of the molecule is O=C(CNC(=O)OCc1ccccc1)N[C@@H](Cc1cnc[nH]1)C(=O)O. The number of nitrogens with one attached hydrogen (secondary N) is 3. The first-order chi connectivity index (χ1) is 12.0. The van der Waals surface area contributed by atoms with Crippen molar-refractivity contribution in [1.29, 1.82) is 0 Å². The van der Waals surface area contributed by atoms with Gasteiger partial charge in [-0.05, 0) is 5.56 Å². The normalized spacial score (nSPS) is 11.4. The van der Waals surface area contributed by atoms with Crippen molar-refractivity contribution in [3.63, 3.8) is 0 Å². The molecule has 0 unspecified atom stereocenters. The van der Waals surface area contributed by atoms with Crippen LogP contribution < -0.4 is 10.6 Å². The molecule has 1 aromatic carbocycles. The number of aromatic nitrogens is 2. The fourth-order valence-corrected chi connectivity index (χ4v) is 1.99. The van der Waals surface area contributed by atoms with E-state index in [4.69, 9.17) is 9.84 Å². The monoisotopic (exact) mass is 346 g/mol. The Balaban J connectivity index is 1.72. The molecular formula is C16H18N4O5. The molecule has 0 spiro atoms. The number of carboxylic acid groups (broad SMARTS) is 1. The first-order valence-corrected chi connectivity index (χ1v) is 7.48. The molecule has 1 atom stereocenters. The Bertz CT molecular complexity index is 703. The lowest BCUT2D eigenvalue weighted by Gasteiger charge is -2.14. The molecule has 0 aliphatic carbocycles. The molecule has 25 heavy (non-hydrogen) atoms. The van der Waals surface area contributed by atoms with Crippen LogP contribution in [0, 0.1) is 0 Å². The zero-order valence-corrected chi connectivity index (χ0v) is 13.3. The highest BCUT2D eigenvalue weighted by molar-refractivity contribution is 5.86. The van der Waals surface area contributed by atoms with E-state index in [-0.39, 0.29) is 19.6 Å². The van der Waals surface area contributed by atoms with E-state index in [2.05, 4.69) is 20.6 Å². The zero-order chi connectivity index (χ0) is 18.1. The summed E-state index contributed by atoms with van der Waals surface area (Å²) in [4.78, 5) is 41.1. The average Bonchev–Trinajstić information content (AvgIpc) is 3.11. The standard InChI is InChI=1S/C16H18N4O5/c21-14(20-13(15(22)23)6-12-7-17-10-19-12)8-18-16(24)25-9-11-4-2-1-3-5-11/h1-5,7,10,13H,6,8-9H2,(H,17,19)(H,18,24)(H,20,21)(H,22,23)/t13-/m0/s1. The van der Waals surface area contributed by atoms with E-state index < -0.39 is 24.0 Å². The molecule has 0 aliphatic rings. The molecule has 1 heterocycles. The van der Waals surface area contributed by atoms with E-state index in [1.54, 1.807) is 12.1 Å². The maximum absolute atomic E-state index is 11.8. The summed E-state index contributed by atoms with van der Waals surface area (Å²) in [5.74, 6) is -1.82. The molecule has 0 radical (unpaired) electrons. The van der Waals surface area contributed by atoms with E-state index in [1.807, 2.05) is 18.2 Å². The van der Waals surface area contributed by atoms with Gasteiger partial charge in [0.05, 0.1) is 6.33 Å². The number of alkyl carbamates (subject to hydrolysis) is 1. The number of rotatable bonds is 8. The molecule has 0 saturated heterocycles. The topological polar surface area (TPSA) is 133 Å². The van der Waals surface area contributed by atoms with Crippen molar-refractivity contribution in [2.45, 2.75) is 19.1 Å². The summed E-state index contributed by atoms with van der Waals surface area (Å²) in [6.45, 7) is -0.313. The number of imidazole rings is 1. The number of H-pyrrole nitrogens is 1. The Hall–Kier alpha value is -3.36. The van der Waals surface area contributed by atoms with E-state index >= 15 is 0 Å². The Labute approximate surface area is 143 Å². The number of nitrogens with zero attached hydrogens (tertiary/aromatic N) is 1. The van der Waals surface area contributed by atoms with Crippen LogP contribution in [0.5, 0.6) is 0 Å². The van der Waals surface area contributed by atoms with Gasteiger partial charge < -0.3 is 25.5 Å². The number of amides is 2. The maximum Gasteiger partial charge on any atom is 0.407 e. The minimum Gasteiger partial charge on any atom is -0.480 e. The number of carbonyl (C=O) groups excluding carboxylic acids is 2. The van der Waals surface area contributed by atoms with Crippen LogP contribution in [-0.2, 0) is 27.4 Å². The first kappa shape index (κ1) is 18.0. The van der Waals surface area contributed by atoms with Crippen LogP contribution in [0.3, 0.4) is 0 Å². The van der Waals surface area contributed by atoms with Gasteiger partial charge >= 0.3 is 12.1 Å². The summed E-state index contributed by atoms with van der Waals surface area (Å²) in [7, 11) is 0. The zero-order valence-electron chi connectivity index (χ0n) is 13.3. The molecule has 0 bridgehead atoms. The van der Waals surface area contributed by atoms with Crippen LogP contribution in [0.2, 0.25) is 0 Å². The summed E-state index contributed by atoms with van der Waals surface area (Å²) in [5.41, 5.74) is 1.38. The molecule has 9 nitrogen and oxygen atoms in total. The van der Waals surface area contributed by atoms with E-state index in [0.717, 1.165) is 5.56 Å². The van der Waals surface area contributed by atoms with Crippen molar-refractivity contribution in [1.82, 2.24) is 20.6 Å². The number of hydrogen-bond acceptors (Lipinski definition) is 5. The van der Waals surface area contributed by atoms with Crippen LogP contribution >= 0.6 is 0 Å². The second-order valence-electron chi connectivity index (χ2n) is 5.15. The van der Waals surface area contributed by atoms with E-state index in [9.17, 15) is 14.4 Å². The molecular weight excluding hydrogens is 328 g/mol. The van der Waals surface area contributed by atoms with Crippen LogP contribution in [0.15, 0.2) is 42.9 Å². The molecule has 0 aliphatic heterocycles. The largest absolute Gasteiger partial charge is 0.480 e. The Kier molecular flexibility index (Phi) is 6.52. The van der Waals surface area contributed by atoms with Gasteiger partial charge in [-0.2, -0.15) is 0 Å². The molecule has 2 aromatic rings. The number of ether oxygens (including phenoxy) is 1. The van der Waals surface area contributed by atoms with Crippen molar-refractivity contribution in [2.24, 2.45) is 0 Å². The third-order valence-electron chi connectivity index (χ3n) is 3.22. The highest BCUT2D eigenvalue weighted by atomic mass is 16.5. The summed E-state index contributed by atoms with van der Waals surface area (Å²) >= 11 is 0. The fourth-order valence-electron chi connectivity index (χ4n) is 1.99. The van der Waals surface area contributed by atoms with Crippen LogP contribution in [0.4, 0.5) is 4.79 Å². The molecule has 9 heteroatoms. The Morgan fingerprint density at radius 1 is 1.24 bits per heavy atom. The van der Waals surface area contributed by atoms with Crippen molar-refractivity contribution >= 4 is 18.0 Å². The number of carboxylic acids is 1. The highest BCUT2D eigenvalue weighted by Crippen LogP contribution is 2.01. The molecule has 1 aromatic heterocycles. The number of carbonyl (C=O) groups is 3. The van der Waals surface area contributed by atoms with Gasteiger partial charge in [0.15, 0.2) is 0 Å². The van der Waals surface area contributed by atoms with Crippen LogP contribution in [0.25, 0.3) is 0 Å². The van der Waals surface area contributed by atoms with Gasteiger partial charge in [-0.1, -0.05) is 30.3 Å². The van der Waals surface area contributed by atoms with Crippen molar-refractivity contribution in [3.05, 3.63) is 54.1 Å². The van der Waals surface area contributed by atoms with Gasteiger partial charge in [-0.25, -0.2) is 14.6 Å². The lowest BCUT2D eigenvalue weighted by atomic mass is 10.1. The number of benzene rings is 1. The summed E-state index contributed by atoms with van der Waals surface area (Å²) in [6, 6.07) is 7.94. The first-order valence-electron chi connectivity index (χ1n) is 7.48. The summed E-state index contributed by atoms with van der Waals surface area (Å²) in [5, 5.41) is 13.7. The van der Waals surface area contributed by atoms with Crippen LogP contribution in [0.1, 0.15) is 11.3 Å². The lowest BCUT2D eigenvalue weighted by molar-refractivity contribution is -0.141. The van der Waals surface area contributed by atoms with Gasteiger partial charge in [0.25, 0.3) is 0 Å². The van der Waals surface area contributed by atoms with Crippen molar-refractivity contribution in [3.8, 4) is 0 Å². The van der Waals surface area contributed by atoms with Crippen molar-refractivity contribution in [2.75, 3.05) is 6.54 Å². The van der Waals surface area contributed by atoms with E-state index in [1.165, 1.54) is 12.5 Å². The molecule has 132 valence electrons. The number of aliphatic carboxylic acids is 1.